The summed E-state index contributed by atoms with van der Waals surface area (Å²) in [5.41, 5.74) is 3.28. The van der Waals surface area contributed by atoms with Gasteiger partial charge in [0, 0.05) is 23.4 Å². The Morgan fingerprint density at radius 2 is 2.03 bits per heavy atom. The van der Waals surface area contributed by atoms with Gasteiger partial charge < -0.3 is 5.32 Å². The average molecular weight is 446 g/mol. The molecule has 6 nitrogen and oxygen atoms in total. The van der Waals surface area contributed by atoms with E-state index in [4.69, 9.17) is 0 Å². The molecule has 1 aliphatic heterocycles. The number of hydrogen-bond donors (Lipinski definition) is 1. The smallest absolute Gasteiger partial charge is 0.253 e. The van der Waals surface area contributed by atoms with E-state index in [1.54, 1.807) is 17.5 Å². The van der Waals surface area contributed by atoms with Gasteiger partial charge in [-0.2, -0.15) is 4.31 Å². The van der Waals surface area contributed by atoms with Crippen molar-refractivity contribution in [2.24, 2.45) is 0 Å². The van der Waals surface area contributed by atoms with Crippen molar-refractivity contribution < 1.29 is 13.2 Å². The topological polar surface area (TPSA) is 79.4 Å². The van der Waals surface area contributed by atoms with E-state index in [0.29, 0.717) is 18.1 Å². The highest BCUT2D eigenvalue weighted by Gasteiger charge is 2.38. The molecule has 1 amide bonds. The van der Waals surface area contributed by atoms with Gasteiger partial charge in [0.2, 0.25) is 5.91 Å². The lowest BCUT2D eigenvalue weighted by molar-refractivity contribution is -0.120. The van der Waals surface area contributed by atoms with E-state index in [-0.39, 0.29) is 10.1 Å². The third kappa shape index (κ3) is 3.31. The molecule has 0 saturated carbocycles. The fourth-order valence-electron chi connectivity index (χ4n) is 3.98. The molecule has 0 bridgehead atoms. The number of rotatable bonds is 4. The third-order valence-corrected chi connectivity index (χ3v) is 9.62. The summed E-state index contributed by atoms with van der Waals surface area (Å²) < 4.78 is 27.7. The van der Waals surface area contributed by atoms with Gasteiger partial charge in [-0.1, -0.05) is 36.8 Å². The number of piperidine rings is 1. The Hall–Kier alpha value is -2.07. The van der Waals surface area contributed by atoms with E-state index < -0.39 is 16.1 Å². The highest BCUT2D eigenvalue weighted by molar-refractivity contribution is 7.91. The van der Waals surface area contributed by atoms with Crippen LogP contribution < -0.4 is 5.32 Å². The maximum absolute atomic E-state index is 13.0. The number of benzene rings is 1. The maximum atomic E-state index is 13.0. The number of thiophene rings is 1. The molecule has 2 aromatic heterocycles. The second-order valence-corrected chi connectivity index (χ2v) is 11.3. The first kappa shape index (κ1) is 18.9. The lowest BCUT2D eigenvalue weighted by Gasteiger charge is -2.32. The van der Waals surface area contributed by atoms with Gasteiger partial charge in [-0.05, 0) is 29.9 Å². The van der Waals surface area contributed by atoms with Crippen LogP contribution in [0.15, 0.2) is 46.0 Å². The number of nitrogens with one attached hydrogen (secondary N) is 1. The summed E-state index contributed by atoms with van der Waals surface area (Å²) in [6, 6.07) is 10.7. The quantitative estimate of drug-likeness (QED) is 0.516. The van der Waals surface area contributed by atoms with Crippen LogP contribution in [0, 0.1) is 0 Å². The van der Waals surface area contributed by atoms with Gasteiger partial charge in [0.15, 0.2) is 5.13 Å². The first-order chi connectivity index (χ1) is 14.0. The number of amides is 1. The van der Waals surface area contributed by atoms with Crippen LogP contribution in [0.5, 0.6) is 0 Å². The van der Waals surface area contributed by atoms with Crippen LogP contribution >= 0.6 is 22.7 Å². The third-order valence-electron chi connectivity index (χ3n) is 5.37. The number of nitrogens with zero attached hydrogens (tertiary/aromatic N) is 2. The highest BCUT2D eigenvalue weighted by Crippen LogP contribution is 2.41. The fourth-order valence-corrected chi connectivity index (χ4v) is 7.76. The SMILES string of the molecule is O=C(Nc1nc2c(s1)Cc1ccccc1-2)[C@@H]1CCCCN1S(=O)(=O)c1cccs1. The Morgan fingerprint density at radius 1 is 1.17 bits per heavy atom. The minimum absolute atomic E-state index is 0.280. The molecule has 1 aliphatic carbocycles. The monoisotopic (exact) mass is 445 g/mol. The summed E-state index contributed by atoms with van der Waals surface area (Å²) >= 11 is 2.65. The largest absolute Gasteiger partial charge is 0.301 e. The van der Waals surface area contributed by atoms with Crippen LogP contribution in [0.3, 0.4) is 0 Å². The molecule has 2 aliphatic rings. The molecule has 150 valence electrons. The summed E-state index contributed by atoms with van der Waals surface area (Å²) in [5.74, 6) is -0.300. The lowest BCUT2D eigenvalue weighted by atomic mass is 10.0. The predicted octanol–water partition coefficient (Wildman–Crippen LogP) is 3.96. The van der Waals surface area contributed by atoms with E-state index in [2.05, 4.69) is 16.4 Å². The van der Waals surface area contributed by atoms with Crippen molar-refractivity contribution in [3.8, 4) is 11.3 Å². The van der Waals surface area contributed by atoms with Crippen LogP contribution in [-0.4, -0.2) is 36.2 Å². The van der Waals surface area contributed by atoms with Crippen molar-refractivity contribution in [2.45, 2.75) is 35.9 Å². The molecule has 9 heteroatoms. The minimum Gasteiger partial charge on any atom is -0.301 e. The molecule has 1 N–H and O–H groups in total. The number of carbonyl (C=O) groups excluding carboxylic acids is 1. The Morgan fingerprint density at radius 3 is 2.86 bits per heavy atom. The van der Waals surface area contributed by atoms with E-state index in [9.17, 15) is 13.2 Å². The van der Waals surface area contributed by atoms with Gasteiger partial charge >= 0.3 is 0 Å². The molecular weight excluding hydrogens is 426 g/mol. The summed E-state index contributed by atoms with van der Waals surface area (Å²) in [5, 5.41) is 5.16. The van der Waals surface area contributed by atoms with Crippen molar-refractivity contribution in [3.63, 3.8) is 0 Å². The standard InChI is InChI=1S/C20H19N3O3S3/c24-19(15-8-3-4-10-23(15)29(25,26)17-9-5-11-27-17)22-20-21-18-14-7-2-1-6-13(14)12-16(18)28-20/h1-2,5-7,9,11,15H,3-4,8,10,12H2,(H,21,22,24)/t15-/m0/s1. The normalized spacial score (nSPS) is 19.0. The Labute approximate surface area is 177 Å². The summed E-state index contributed by atoms with van der Waals surface area (Å²) in [4.78, 5) is 18.8. The van der Waals surface area contributed by atoms with Crippen LogP contribution in [-0.2, 0) is 21.2 Å². The minimum atomic E-state index is -3.67. The fraction of sp³-hybridized carbons (Fsp3) is 0.300. The van der Waals surface area contributed by atoms with Crippen molar-refractivity contribution in [3.05, 3.63) is 52.2 Å². The molecule has 1 aromatic carbocycles. The second kappa shape index (κ2) is 7.32. The van der Waals surface area contributed by atoms with Crippen LogP contribution in [0.4, 0.5) is 5.13 Å². The molecule has 1 saturated heterocycles. The predicted molar refractivity (Wildman–Crippen MR) is 115 cm³/mol. The van der Waals surface area contributed by atoms with Gasteiger partial charge in [-0.25, -0.2) is 13.4 Å². The number of sulfonamides is 1. The zero-order valence-electron chi connectivity index (χ0n) is 15.5. The number of fused-ring (bicyclic) bond motifs is 3. The zero-order valence-corrected chi connectivity index (χ0v) is 17.9. The molecule has 29 heavy (non-hydrogen) atoms. The molecule has 0 radical (unpaired) electrons. The number of hydrogen-bond acceptors (Lipinski definition) is 6. The molecule has 3 aromatic rings. The van der Waals surface area contributed by atoms with Gasteiger partial charge in [-0.15, -0.1) is 22.7 Å². The number of thiazole rings is 1. The van der Waals surface area contributed by atoms with E-state index >= 15 is 0 Å². The van der Waals surface area contributed by atoms with E-state index in [0.717, 1.165) is 35.4 Å². The molecular formula is C20H19N3O3S3. The molecule has 0 unspecified atom stereocenters. The van der Waals surface area contributed by atoms with Crippen molar-refractivity contribution in [1.82, 2.24) is 9.29 Å². The van der Waals surface area contributed by atoms with Crippen LogP contribution in [0.1, 0.15) is 29.7 Å². The maximum Gasteiger partial charge on any atom is 0.253 e. The van der Waals surface area contributed by atoms with Crippen molar-refractivity contribution in [1.29, 1.82) is 0 Å². The number of anilines is 1. The summed E-state index contributed by atoms with van der Waals surface area (Å²) in [7, 11) is -3.67. The van der Waals surface area contributed by atoms with Crippen molar-refractivity contribution in [2.75, 3.05) is 11.9 Å². The Kier molecular flexibility index (Phi) is 4.78. The Bertz CT molecular complexity index is 1170. The van der Waals surface area contributed by atoms with Gasteiger partial charge in [0.25, 0.3) is 10.0 Å². The van der Waals surface area contributed by atoms with Gasteiger partial charge in [0.1, 0.15) is 10.3 Å². The van der Waals surface area contributed by atoms with E-state index in [1.165, 1.54) is 32.5 Å². The van der Waals surface area contributed by atoms with Crippen LogP contribution in [0.2, 0.25) is 0 Å². The molecule has 0 spiro atoms. The van der Waals surface area contributed by atoms with Crippen LogP contribution in [0.25, 0.3) is 11.3 Å². The second-order valence-electron chi connectivity index (χ2n) is 7.17. The number of carbonyl (C=O) groups is 1. The molecule has 1 atom stereocenters. The highest BCUT2D eigenvalue weighted by atomic mass is 32.2. The van der Waals surface area contributed by atoms with E-state index in [1.807, 2.05) is 18.2 Å². The molecule has 3 heterocycles. The summed E-state index contributed by atoms with van der Waals surface area (Å²) in [6.45, 7) is 0.361. The lowest BCUT2D eigenvalue weighted by Crippen LogP contribution is -2.49. The molecule has 1 fully saturated rings. The zero-order chi connectivity index (χ0) is 20.0. The average Bonchev–Trinajstić information content (AvgIpc) is 3.44. The number of aromatic nitrogens is 1. The van der Waals surface area contributed by atoms with Gasteiger partial charge in [0.05, 0.1) is 5.69 Å². The van der Waals surface area contributed by atoms with Crippen molar-refractivity contribution >= 4 is 43.7 Å². The first-order valence-electron chi connectivity index (χ1n) is 9.48. The Balaban J connectivity index is 1.38. The first-order valence-corrected chi connectivity index (χ1v) is 12.6. The summed E-state index contributed by atoms with van der Waals surface area (Å²) in [6.07, 6.45) is 2.93. The molecule has 5 rings (SSSR count). The van der Waals surface area contributed by atoms with Gasteiger partial charge in [-0.3, -0.25) is 4.79 Å².